The molecule has 0 spiro atoms. The molecule has 0 N–H and O–H groups in total. The molecule has 0 aromatic heterocycles. The molecule has 13 atom stereocenters. The van der Waals surface area contributed by atoms with Gasteiger partial charge in [-0.15, -0.1) is 0 Å². The Hall–Kier alpha value is 0.339. The third-order valence-electron chi connectivity index (χ3n) is 13.5. The third-order valence-corrected chi connectivity index (χ3v) is 15.4. The van der Waals surface area contributed by atoms with E-state index in [1.807, 2.05) is 0 Å². The van der Waals surface area contributed by atoms with E-state index in [2.05, 4.69) is 87.6 Å². The first-order chi connectivity index (χ1) is 19.3. The Morgan fingerprint density at radius 1 is 0.738 bits per heavy atom. The van der Waals surface area contributed by atoms with E-state index in [0.29, 0.717) is 46.7 Å². The number of hydrogen-bond donors (Lipinski definition) is 0. The van der Waals surface area contributed by atoms with Crippen LogP contribution in [0.4, 0.5) is 0 Å². The quantitative estimate of drug-likeness (QED) is 0.241. The largest absolute Gasteiger partial charge is 0.454 e. The smallest absolute Gasteiger partial charge is 0.412 e. The molecular formula is C35H67BO4Si2. The minimum Gasteiger partial charge on any atom is -0.412 e. The Kier molecular flexibility index (Phi) is 9.51. The molecule has 5 rings (SSSR count). The molecular weight excluding hydrogens is 551 g/mol. The van der Waals surface area contributed by atoms with Crippen LogP contribution in [-0.4, -0.2) is 48.2 Å². The summed E-state index contributed by atoms with van der Waals surface area (Å²) in [5.41, 5.74) is 0.823. The maximum Gasteiger partial charge on any atom is 0.454 e. The zero-order valence-electron chi connectivity index (χ0n) is 29.8. The molecule has 3 unspecified atom stereocenters. The van der Waals surface area contributed by atoms with E-state index < -0.39 is 16.6 Å². The highest BCUT2D eigenvalue weighted by molar-refractivity contribution is 6.70. The van der Waals surface area contributed by atoms with E-state index in [9.17, 15) is 0 Å². The van der Waals surface area contributed by atoms with E-state index >= 15 is 0 Å². The zero-order valence-corrected chi connectivity index (χ0v) is 31.8. The van der Waals surface area contributed by atoms with Gasteiger partial charge >= 0.3 is 7.12 Å². The number of rotatable bonds is 9. The van der Waals surface area contributed by atoms with E-state index in [4.69, 9.17) is 18.2 Å². The first-order valence-corrected chi connectivity index (χ1v) is 24.8. The van der Waals surface area contributed by atoms with Gasteiger partial charge in [0.25, 0.3) is 0 Å². The van der Waals surface area contributed by atoms with Gasteiger partial charge in [-0.05, 0) is 156 Å². The van der Waals surface area contributed by atoms with Crippen molar-refractivity contribution in [2.45, 2.75) is 163 Å². The maximum atomic E-state index is 7.27. The molecule has 0 aromatic carbocycles. The molecule has 4 saturated carbocycles. The van der Waals surface area contributed by atoms with Crippen molar-refractivity contribution >= 4 is 23.8 Å². The second kappa shape index (κ2) is 11.9. The van der Waals surface area contributed by atoms with Gasteiger partial charge in [-0.2, -0.15) is 0 Å². The minimum absolute atomic E-state index is 0.0234. The van der Waals surface area contributed by atoms with E-state index in [0.717, 1.165) is 23.7 Å². The summed E-state index contributed by atoms with van der Waals surface area (Å²) >= 11 is 0. The lowest BCUT2D eigenvalue weighted by Crippen LogP contribution is -2.57. The summed E-state index contributed by atoms with van der Waals surface area (Å²) in [5.74, 6) is 5.67. The highest BCUT2D eigenvalue weighted by Crippen LogP contribution is 2.69. The second-order valence-corrected chi connectivity index (χ2v) is 27.5. The summed E-state index contributed by atoms with van der Waals surface area (Å²) in [5, 5.41) is 0. The molecule has 0 aromatic rings. The molecule has 42 heavy (non-hydrogen) atoms. The van der Waals surface area contributed by atoms with Gasteiger partial charge in [0.1, 0.15) is 0 Å². The van der Waals surface area contributed by atoms with Crippen LogP contribution in [-0.2, 0) is 18.2 Å². The normalized spacial score (nSPS) is 43.3. The van der Waals surface area contributed by atoms with Crippen molar-refractivity contribution < 1.29 is 18.2 Å². The Balaban J connectivity index is 1.40. The lowest BCUT2D eigenvalue weighted by molar-refractivity contribution is -0.143. The lowest BCUT2D eigenvalue weighted by atomic mass is 9.44. The highest BCUT2D eigenvalue weighted by atomic mass is 28.4. The van der Waals surface area contributed by atoms with Gasteiger partial charge in [-0.1, -0.05) is 41.5 Å². The van der Waals surface area contributed by atoms with Crippen LogP contribution in [0.3, 0.4) is 0 Å². The van der Waals surface area contributed by atoms with Crippen LogP contribution in [0.25, 0.3) is 0 Å². The standard InChI is InChI=1S/C35H67BO4Si2/c1-22(2)23(3)32(39-41(8,9)10)33(40-42(11,12)13)24(4)27-16-17-28-26-15-14-25-20-30-31(38-36(7)37-30)21-35(25,6)29(26)18-19-34(27,28)5/h22-33H,14-21H2,1-13H3/t23-,24-,25-,26?,27+,28?,29?,30-,31+,32+,33+,34+,35-/m0/s1. The molecule has 0 radical (unpaired) electrons. The molecule has 4 nitrogen and oxygen atoms in total. The van der Waals surface area contributed by atoms with Gasteiger partial charge in [-0.3, -0.25) is 0 Å². The Morgan fingerprint density at radius 2 is 1.33 bits per heavy atom. The lowest BCUT2D eigenvalue weighted by Gasteiger charge is -2.62. The average molecular weight is 619 g/mol. The van der Waals surface area contributed by atoms with Gasteiger partial charge in [-0.25, -0.2) is 0 Å². The molecule has 0 amide bonds. The van der Waals surface area contributed by atoms with Crippen LogP contribution >= 0.6 is 0 Å². The van der Waals surface area contributed by atoms with E-state index in [1.54, 1.807) is 0 Å². The van der Waals surface area contributed by atoms with Crippen LogP contribution < -0.4 is 0 Å². The van der Waals surface area contributed by atoms with E-state index in [-0.39, 0.29) is 19.3 Å². The van der Waals surface area contributed by atoms with Crippen molar-refractivity contribution in [2.24, 2.45) is 58.2 Å². The highest BCUT2D eigenvalue weighted by Gasteiger charge is 2.63. The number of fused-ring (bicyclic) bond motifs is 6. The van der Waals surface area contributed by atoms with Crippen LogP contribution in [0, 0.1) is 58.2 Å². The van der Waals surface area contributed by atoms with Gasteiger partial charge in [0.2, 0.25) is 0 Å². The molecule has 5 aliphatic rings. The van der Waals surface area contributed by atoms with Crippen LogP contribution in [0.15, 0.2) is 0 Å². The molecule has 7 heteroatoms. The van der Waals surface area contributed by atoms with Gasteiger partial charge in [0.05, 0.1) is 24.4 Å². The van der Waals surface area contributed by atoms with Crippen molar-refractivity contribution in [3.8, 4) is 0 Å². The van der Waals surface area contributed by atoms with Crippen molar-refractivity contribution in [2.75, 3.05) is 0 Å². The minimum atomic E-state index is -1.78. The first kappa shape index (κ1) is 33.7. The zero-order chi connectivity index (χ0) is 31.0. The van der Waals surface area contributed by atoms with Crippen molar-refractivity contribution in [1.82, 2.24) is 0 Å². The van der Waals surface area contributed by atoms with Crippen LogP contribution in [0.1, 0.15) is 92.9 Å². The monoisotopic (exact) mass is 618 g/mol. The average Bonchev–Trinajstić information content (AvgIpc) is 3.40. The molecule has 4 aliphatic carbocycles. The summed E-state index contributed by atoms with van der Waals surface area (Å²) < 4.78 is 27.0. The summed E-state index contributed by atoms with van der Waals surface area (Å²) in [7, 11) is -3.56. The molecule has 0 bridgehead atoms. The summed E-state index contributed by atoms with van der Waals surface area (Å²) in [6, 6.07) is 0. The topological polar surface area (TPSA) is 36.9 Å². The maximum absolute atomic E-state index is 7.27. The fourth-order valence-electron chi connectivity index (χ4n) is 11.3. The van der Waals surface area contributed by atoms with Crippen molar-refractivity contribution in [3.05, 3.63) is 0 Å². The summed E-state index contributed by atoms with van der Waals surface area (Å²) in [6.45, 7) is 31.5. The van der Waals surface area contributed by atoms with Gasteiger partial charge < -0.3 is 18.2 Å². The second-order valence-electron chi connectivity index (χ2n) is 18.6. The summed E-state index contributed by atoms with van der Waals surface area (Å²) in [4.78, 5) is 0. The number of hydrogen-bond acceptors (Lipinski definition) is 4. The summed E-state index contributed by atoms with van der Waals surface area (Å²) in [6.07, 6.45) is 11.8. The molecule has 1 saturated heterocycles. The molecule has 242 valence electrons. The Labute approximate surface area is 262 Å². The van der Waals surface area contributed by atoms with Crippen molar-refractivity contribution in [1.29, 1.82) is 0 Å². The Bertz CT molecular complexity index is 950. The van der Waals surface area contributed by atoms with Crippen molar-refractivity contribution in [3.63, 3.8) is 0 Å². The van der Waals surface area contributed by atoms with Crippen LogP contribution in [0.2, 0.25) is 46.1 Å². The van der Waals surface area contributed by atoms with Gasteiger partial charge in [0.15, 0.2) is 16.6 Å². The molecule has 1 aliphatic heterocycles. The fourth-order valence-corrected chi connectivity index (χ4v) is 13.6. The Morgan fingerprint density at radius 3 is 1.95 bits per heavy atom. The third kappa shape index (κ3) is 6.33. The predicted molar refractivity (Wildman–Crippen MR) is 182 cm³/mol. The van der Waals surface area contributed by atoms with Gasteiger partial charge in [0, 0.05) is 0 Å². The fraction of sp³-hybridized carbons (Fsp3) is 1.00. The van der Waals surface area contributed by atoms with Crippen LogP contribution in [0.5, 0.6) is 0 Å². The molecule has 5 fully saturated rings. The van der Waals surface area contributed by atoms with E-state index in [1.165, 1.54) is 51.4 Å². The SMILES string of the molecule is CB1O[C@H]2C[C@@H]3CCC4C5CC[C@H]([C@H](C)[C@@H](O[Si](C)(C)C)[C@H](O[Si](C)(C)C)[C@@H](C)C(C)C)[C@@]5(C)CCC4[C@@]3(C)C[C@H]2O1. The predicted octanol–water partition coefficient (Wildman–Crippen LogP) is 9.53. The first-order valence-electron chi connectivity index (χ1n) is 18.0. The molecule has 1 heterocycles.